The predicted molar refractivity (Wildman–Crippen MR) is 74.9 cm³/mol. The second kappa shape index (κ2) is 5.46. The molecule has 108 valence electrons. The minimum absolute atomic E-state index is 0.140. The van der Waals surface area contributed by atoms with Crippen LogP contribution in [0.25, 0.3) is 0 Å². The molecule has 0 atom stereocenters. The van der Waals surface area contributed by atoms with Gasteiger partial charge >= 0.3 is 5.97 Å². The van der Waals surface area contributed by atoms with E-state index in [2.05, 4.69) is 9.84 Å². The third kappa shape index (κ3) is 3.90. The number of aryl methyl sites for hydroxylation is 1. The molecule has 1 rings (SSSR count). The number of esters is 1. The molecule has 0 radical (unpaired) electrons. The molecule has 0 amide bonds. The lowest BCUT2D eigenvalue weighted by Gasteiger charge is -2.14. The molecular weight excluding hydrogens is 284 g/mol. The molecule has 19 heavy (non-hydrogen) atoms. The minimum atomic E-state index is -3.51. The maximum atomic E-state index is 12.3. The van der Waals surface area contributed by atoms with Crippen LogP contribution in [0, 0.1) is 0 Å². The first-order valence-corrected chi connectivity index (χ1v) is 11.1. The van der Waals surface area contributed by atoms with Crippen LogP contribution >= 0.6 is 0 Å². The van der Waals surface area contributed by atoms with Gasteiger partial charge in [0, 0.05) is 13.2 Å². The summed E-state index contributed by atoms with van der Waals surface area (Å²) in [6.07, 6.45) is 1.37. The van der Waals surface area contributed by atoms with E-state index in [0.717, 1.165) is 0 Å². The quantitative estimate of drug-likeness (QED) is 0.577. The number of ether oxygens (including phenoxy) is 1. The number of sulfone groups is 1. The number of hydrogen-bond acceptors (Lipinski definition) is 5. The van der Waals surface area contributed by atoms with Crippen LogP contribution in [0.2, 0.25) is 19.6 Å². The summed E-state index contributed by atoms with van der Waals surface area (Å²) in [5.74, 6) is -0.773. The lowest BCUT2D eigenvalue weighted by atomic mass is 10.5. The monoisotopic (exact) mass is 304 g/mol. The molecule has 6 nitrogen and oxygen atoms in total. The molecule has 0 saturated heterocycles. The van der Waals surface area contributed by atoms with Crippen molar-refractivity contribution in [3.63, 3.8) is 0 Å². The molecule has 0 aliphatic heterocycles. The molecule has 0 bridgehead atoms. The molecule has 0 unspecified atom stereocenters. The van der Waals surface area contributed by atoms with Crippen LogP contribution in [0.15, 0.2) is 11.1 Å². The van der Waals surface area contributed by atoms with Crippen molar-refractivity contribution in [1.82, 2.24) is 9.78 Å². The second-order valence-electron chi connectivity index (χ2n) is 5.41. The lowest BCUT2D eigenvalue weighted by molar-refractivity contribution is -0.140. The lowest BCUT2D eigenvalue weighted by Crippen LogP contribution is -2.42. The summed E-state index contributed by atoms with van der Waals surface area (Å²) in [6.45, 7) is 6.11. The molecule has 0 aliphatic carbocycles. The highest BCUT2D eigenvalue weighted by atomic mass is 32.2. The average molecular weight is 304 g/mol. The zero-order valence-corrected chi connectivity index (χ0v) is 13.7. The Morgan fingerprint density at radius 3 is 2.47 bits per heavy atom. The van der Waals surface area contributed by atoms with Crippen LogP contribution in [0.4, 0.5) is 0 Å². The summed E-state index contributed by atoms with van der Waals surface area (Å²) in [5, 5.41) is 4.93. The van der Waals surface area contributed by atoms with Gasteiger partial charge in [-0.3, -0.25) is 9.48 Å². The molecule has 0 aromatic carbocycles. The van der Waals surface area contributed by atoms with E-state index in [-0.39, 0.29) is 17.1 Å². The Bertz CT molecular complexity index is 572. The van der Waals surface area contributed by atoms with Crippen LogP contribution < -0.4 is 5.32 Å². The smallest absolute Gasteiger partial charge is 0.306 e. The van der Waals surface area contributed by atoms with Gasteiger partial charge in [-0.15, -0.1) is 0 Å². The van der Waals surface area contributed by atoms with Crippen molar-refractivity contribution >= 4 is 29.2 Å². The molecule has 1 aromatic heterocycles. The molecule has 0 fully saturated rings. The highest BCUT2D eigenvalue weighted by Crippen LogP contribution is 2.14. The molecule has 1 heterocycles. The van der Waals surface area contributed by atoms with Gasteiger partial charge in [0.1, 0.15) is 13.0 Å². The fraction of sp³-hybridized carbons (Fsp3) is 0.636. The number of carbonyl (C=O) groups excluding carboxylic acids is 1. The highest BCUT2D eigenvalue weighted by molar-refractivity contribution is 7.91. The summed E-state index contributed by atoms with van der Waals surface area (Å²) >= 11 is 0. The molecular formula is C11H20N2O4SSi. The molecule has 0 aliphatic rings. The third-order valence-electron chi connectivity index (χ3n) is 2.64. The van der Waals surface area contributed by atoms with Crippen molar-refractivity contribution in [3.05, 3.63) is 6.20 Å². The Hall–Kier alpha value is -1.15. The third-order valence-corrected chi connectivity index (χ3v) is 6.33. The van der Waals surface area contributed by atoms with Gasteiger partial charge in [-0.25, -0.2) is 8.42 Å². The SMILES string of the molecule is COC(=O)CCS(=O)(=O)c1cn(C)nc1[Si](C)(C)C. The molecule has 1 aromatic rings. The van der Waals surface area contributed by atoms with Gasteiger partial charge in [-0.2, -0.15) is 5.10 Å². The number of methoxy groups -OCH3 is 1. The first-order valence-electron chi connectivity index (χ1n) is 5.91. The van der Waals surface area contributed by atoms with E-state index in [1.807, 2.05) is 19.6 Å². The Balaban J connectivity index is 3.12. The van der Waals surface area contributed by atoms with Crippen LogP contribution in [-0.2, 0) is 26.4 Å². The van der Waals surface area contributed by atoms with E-state index in [1.54, 1.807) is 7.05 Å². The minimum Gasteiger partial charge on any atom is -0.469 e. The van der Waals surface area contributed by atoms with Crippen LogP contribution in [0.3, 0.4) is 0 Å². The summed E-state index contributed by atoms with van der Waals surface area (Å²) < 4.78 is 30.6. The first kappa shape index (κ1) is 15.9. The fourth-order valence-electron chi connectivity index (χ4n) is 1.64. The fourth-order valence-corrected chi connectivity index (χ4v) is 5.59. The van der Waals surface area contributed by atoms with E-state index in [4.69, 9.17) is 0 Å². The van der Waals surface area contributed by atoms with Gasteiger partial charge in [0.2, 0.25) is 0 Å². The van der Waals surface area contributed by atoms with Gasteiger partial charge in [0.05, 0.1) is 24.6 Å². The van der Waals surface area contributed by atoms with Crippen molar-refractivity contribution in [1.29, 1.82) is 0 Å². The predicted octanol–water partition coefficient (Wildman–Crippen LogP) is 0.302. The Kier molecular flexibility index (Phi) is 4.57. The molecule has 0 saturated carbocycles. The van der Waals surface area contributed by atoms with Crippen LogP contribution in [0.1, 0.15) is 6.42 Å². The topological polar surface area (TPSA) is 78.3 Å². The van der Waals surface area contributed by atoms with Crippen molar-refractivity contribution in [2.45, 2.75) is 31.0 Å². The summed E-state index contributed by atoms with van der Waals surface area (Å²) in [4.78, 5) is 11.3. The van der Waals surface area contributed by atoms with E-state index in [0.29, 0.717) is 5.32 Å². The Labute approximate surface area is 114 Å². The maximum absolute atomic E-state index is 12.3. The van der Waals surface area contributed by atoms with E-state index in [9.17, 15) is 13.2 Å². The van der Waals surface area contributed by atoms with Gasteiger partial charge in [0.25, 0.3) is 0 Å². The van der Waals surface area contributed by atoms with Crippen LogP contribution in [-0.4, -0.2) is 45.1 Å². The number of nitrogens with zero attached hydrogens (tertiary/aromatic N) is 2. The largest absolute Gasteiger partial charge is 0.469 e. The first-order chi connectivity index (χ1) is 8.58. The normalized spacial score (nSPS) is 12.5. The average Bonchev–Trinajstić information content (AvgIpc) is 2.69. The van der Waals surface area contributed by atoms with Crippen molar-refractivity contribution in [3.8, 4) is 0 Å². The van der Waals surface area contributed by atoms with Crippen molar-refractivity contribution in [2.24, 2.45) is 7.05 Å². The Morgan fingerprint density at radius 1 is 1.42 bits per heavy atom. The van der Waals surface area contributed by atoms with E-state index >= 15 is 0 Å². The van der Waals surface area contributed by atoms with Gasteiger partial charge in [-0.05, 0) is 0 Å². The molecule has 0 spiro atoms. The second-order valence-corrected chi connectivity index (χ2v) is 12.5. The van der Waals surface area contributed by atoms with Gasteiger partial charge in [0.15, 0.2) is 9.84 Å². The van der Waals surface area contributed by atoms with Gasteiger partial charge < -0.3 is 4.74 Å². The van der Waals surface area contributed by atoms with Crippen molar-refractivity contribution < 1.29 is 17.9 Å². The number of rotatable bonds is 5. The van der Waals surface area contributed by atoms with Gasteiger partial charge in [-0.1, -0.05) is 19.6 Å². The number of carbonyl (C=O) groups is 1. The zero-order valence-electron chi connectivity index (χ0n) is 11.9. The zero-order chi connectivity index (χ0) is 14.8. The standard InChI is InChI=1S/C11H20N2O4SSi/c1-13-8-9(11(12-13)19(3,4)5)18(15,16)7-6-10(14)17-2/h8H,6-7H2,1-5H3. The van der Waals surface area contributed by atoms with Crippen LogP contribution in [0.5, 0.6) is 0 Å². The van der Waals surface area contributed by atoms with Crippen molar-refractivity contribution in [2.75, 3.05) is 12.9 Å². The Morgan fingerprint density at radius 2 is 2.00 bits per heavy atom. The van der Waals surface area contributed by atoms with E-state index < -0.39 is 23.9 Å². The van der Waals surface area contributed by atoms with E-state index in [1.165, 1.54) is 18.0 Å². The summed E-state index contributed by atoms with van der Waals surface area (Å²) in [7, 11) is -2.43. The molecule has 8 heteroatoms. The molecule has 0 N–H and O–H groups in total. The highest BCUT2D eigenvalue weighted by Gasteiger charge is 2.30. The number of aromatic nitrogens is 2. The summed E-state index contributed by atoms with van der Waals surface area (Å²) in [6, 6.07) is 0. The number of hydrogen-bond donors (Lipinski definition) is 0. The summed E-state index contributed by atoms with van der Waals surface area (Å²) in [5.41, 5.74) is 0. The maximum Gasteiger partial charge on any atom is 0.306 e.